The minimum Gasteiger partial charge on any atom is -0.472 e. The SMILES string of the molecule is O=C(c1cn[nH]n1)N1CCN(Cc2ccoc2)[C@@H](CCO)C1. The molecule has 22 heavy (non-hydrogen) atoms. The molecule has 0 unspecified atom stereocenters. The van der Waals surface area contributed by atoms with Gasteiger partial charge >= 0.3 is 0 Å². The molecule has 0 bridgehead atoms. The van der Waals surface area contributed by atoms with Gasteiger partial charge in [0.15, 0.2) is 5.69 Å². The summed E-state index contributed by atoms with van der Waals surface area (Å²) in [5.41, 5.74) is 1.42. The molecule has 2 aromatic rings. The number of nitrogens with zero attached hydrogens (tertiary/aromatic N) is 4. The molecule has 0 aliphatic carbocycles. The van der Waals surface area contributed by atoms with Crippen molar-refractivity contribution in [3.05, 3.63) is 36.0 Å². The molecule has 1 atom stereocenters. The summed E-state index contributed by atoms with van der Waals surface area (Å²) in [4.78, 5) is 16.4. The predicted octanol–water partition coefficient (Wildman–Crippen LogP) is 0.107. The Hall–Kier alpha value is -2.19. The molecule has 8 nitrogen and oxygen atoms in total. The Labute approximate surface area is 127 Å². The summed E-state index contributed by atoms with van der Waals surface area (Å²) < 4.78 is 5.10. The van der Waals surface area contributed by atoms with Gasteiger partial charge in [-0.15, -0.1) is 0 Å². The van der Waals surface area contributed by atoms with Gasteiger partial charge in [-0.25, -0.2) is 0 Å². The molecule has 0 spiro atoms. The molecule has 8 heteroatoms. The van der Waals surface area contributed by atoms with Crippen molar-refractivity contribution in [2.75, 3.05) is 26.2 Å². The van der Waals surface area contributed by atoms with Crippen LogP contribution in [-0.4, -0.2) is 68.5 Å². The van der Waals surface area contributed by atoms with Crippen molar-refractivity contribution in [2.45, 2.75) is 19.0 Å². The molecule has 1 fully saturated rings. The molecule has 3 rings (SSSR count). The van der Waals surface area contributed by atoms with Crippen LogP contribution >= 0.6 is 0 Å². The van der Waals surface area contributed by atoms with E-state index in [1.54, 1.807) is 17.4 Å². The van der Waals surface area contributed by atoms with Crippen LogP contribution < -0.4 is 0 Å². The maximum absolute atomic E-state index is 12.3. The number of hydrogen-bond donors (Lipinski definition) is 2. The first kappa shape index (κ1) is 14.7. The molecule has 1 aliphatic heterocycles. The Morgan fingerprint density at radius 2 is 2.41 bits per heavy atom. The lowest BCUT2D eigenvalue weighted by atomic mass is 10.1. The number of aromatic nitrogens is 3. The Balaban J connectivity index is 1.66. The highest BCUT2D eigenvalue weighted by atomic mass is 16.3. The molecule has 1 amide bonds. The third-order valence-electron chi connectivity index (χ3n) is 3.95. The number of nitrogens with one attached hydrogen (secondary N) is 1. The molecule has 1 saturated heterocycles. The molecule has 2 N–H and O–H groups in total. The van der Waals surface area contributed by atoms with E-state index in [2.05, 4.69) is 20.3 Å². The number of piperazine rings is 1. The lowest BCUT2D eigenvalue weighted by Crippen LogP contribution is -2.54. The van der Waals surface area contributed by atoms with E-state index in [1.807, 2.05) is 6.07 Å². The maximum atomic E-state index is 12.3. The highest BCUT2D eigenvalue weighted by Crippen LogP contribution is 2.18. The lowest BCUT2D eigenvalue weighted by Gasteiger charge is -2.41. The average Bonchev–Trinajstić information content (AvgIpc) is 3.21. The van der Waals surface area contributed by atoms with Crippen LogP contribution in [0.3, 0.4) is 0 Å². The highest BCUT2D eigenvalue weighted by molar-refractivity contribution is 5.92. The van der Waals surface area contributed by atoms with Crippen molar-refractivity contribution >= 4 is 5.91 Å². The number of carbonyl (C=O) groups excluding carboxylic acids is 1. The fourth-order valence-electron chi connectivity index (χ4n) is 2.79. The first-order valence-electron chi connectivity index (χ1n) is 7.29. The average molecular weight is 305 g/mol. The molecular formula is C14H19N5O3. The Morgan fingerprint density at radius 3 is 3.09 bits per heavy atom. The van der Waals surface area contributed by atoms with E-state index < -0.39 is 0 Å². The minimum absolute atomic E-state index is 0.0958. The number of hydrogen-bond acceptors (Lipinski definition) is 6. The number of aliphatic hydroxyl groups is 1. The maximum Gasteiger partial charge on any atom is 0.276 e. The van der Waals surface area contributed by atoms with Gasteiger partial charge in [-0.2, -0.15) is 15.4 Å². The van der Waals surface area contributed by atoms with Gasteiger partial charge in [0.2, 0.25) is 0 Å². The van der Waals surface area contributed by atoms with Gasteiger partial charge < -0.3 is 14.4 Å². The second-order valence-electron chi connectivity index (χ2n) is 5.37. The number of aliphatic hydroxyl groups excluding tert-OH is 1. The number of amides is 1. The van der Waals surface area contributed by atoms with Crippen molar-refractivity contribution in [1.82, 2.24) is 25.2 Å². The fourth-order valence-corrected chi connectivity index (χ4v) is 2.79. The first-order valence-corrected chi connectivity index (χ1v) is 7.29. The highest BCUT2D eigenvalue weighted by Gasteiger charge is 2.30. The number of carbonyl (C=O) groups is 1. The number of rotatable bonds is 5. The molecule has 2 aromatic heterocycles. The zero-order valence-corrected chi connectivity index (χ0v) is 12.2. The zero-order valence-electron chi connectivity index (χ0n) is 12.2. The van der Waals surface area contributed by atoms with Crippen LogP contribution in [0.2, 0.25) is 0 Å². The van der Waals surface area contributed by atoms with Gasteiger partial charge in [-0.05, 0) is 12.5 Å². The standard InChI is InChI=1S/C14H19N5O3/c20-5-1-12-9-19(14(21)13-7-15-17-16-13)4-3-18(12)8-11-2-6-22-10-11/h2,6-7,10,12,20H,1,3-5,8-9H2,(H,15,16,17)/t12-/m0/s1. The number of H-pyrrole nitrogens is 1. The minimum atomic E-state index is -0.125. The summed E-state index contributed by atoms with van der Waals surface area (Å²) in [6.45, 7) is 2.81. The summed E-state index contributed by atoms with van der Waals surface area (Å²) in [5, 5.41) is 19.3. The third kappa shape index (κ3) is 3.18. The third-order valence-corrected chi connectivity index (χ3v) is 3.95. The lowest BCUT2D eigenvalue weighted by molar-refractivity contribution is 0.0390. The first-order chi connectivity index (χ1) is 10.8. The van der Waals surface area contributed by atoms with Crippen LogP contribution in [0.25, 0.3) is 0 Å². The summed E-state index contributed by atoms with van der Waals surface area (Å²) in [6.07, 6.45) is 5.44. The fraction of sp³-hybridized carbons (Fsp3) is 0.500. The van der Waals surface area contributed by atoms with Crippen LogP contribution in [0.15, 0.2) is 29.2 Å². The predicted molar refractivity (Wildman–Crippen MR) is 76.9 cm³/mol. The Morgan fingerprint density at radius 1 is 1.50 bits per heavy atom. The van der Waals surface area contributed by atoms with E-state index >= 15 is 0 Å². The van der Waals surface area contributed by atoms with E-state index in [-0.39, 0.29) is 18.6 Å². The Bertz CT molecular complexity index is 584. The molecule has 3 heterocycles. The van der Waals surface area contributed by atoms with Crippen molar-refractivity contribution in [3.8, 4) is 0 Å². The number of furan rings is 1. The van der Waals surface area contributed by atoms with Crippen molar-refractivity contribution in [3.63, 3.8) is 0 Å². The van der Waals surface area contributed by atoms with Crippen LogP contribution in [-0.2, 0) is 6.54 Å². The largest absolute Gasteiger partial charge is 0.472 e. The molecule has 0 saturated carbocycles. The van der Waals surface area contributed by atoms with E-state index in [4.69, 9.17) is 4.42 Å². The monoisotopic (exact) mass is 305 g/mol. The van der Waals surface area contributed by atoms with Gasteiger partial charge in [-0.3, -0.25) is 9.69 Å². The van der Waals surface area contributed by atoms with Crippen LogP contribution in [0.5, 0.6) is 0 Å². The smallest absolute Gasteiger partial charge is 0.276 e. The van der Waals surface area contributed by atoms with Gasteiger partial charge in [0, 0.05) is 44.4 Å². The summed E-state index contributed by atoms with van der Waals surface area (Å²) in [5.74, 6) is -0.125. The molecule has 118 valence electrons. The summed E-state index contributed by atoms with van der Waals surface area (Å²) >= 11 is 0. The van der Waals surface area contributed by atoms with E-state index in [0.717, 1.165) is 18.7 Å². The van der Waals surface area contributed by atoms with Gasteiger partial charge in [0.25, 0.3) is 5.91 Å². The quantitative estimate of drug-likeness (QED) is 0.813. The van der Waals surface area contributed by atoms with Crippen LogP contribution in [0.1, 0.15) is 22.5 Å². The molecular weight excluding hydrogens is 286 g/mol. The van der Waals surface area contributed by atoms with Crippen LogP contribution in [0.4, 0.5) is 0 Å². The van der Waals surface area contributed by atoms with Crippen molar-refractivity contribution in [1.29, 1.82) is 0 Å². The van der Waals surface area contributed by atoms with Gasteiger partial charge in [0.05, 0.1) is 18.7 Å². The molecule has 0 aromatic carbocycles. The van der Waals surface area contributed by atoms with E-state index in [9.17, 15) is 9.90 Å². The van der Waals surface area contributed by atoms with Gasteiger partial charge in [0.1, 0.15) is 0 Å². The van der Waals surface area contributed by atoms with Gasteiger partial charge in [-0.1, -0.05) is 0 Å². The summed E-state index contributed by atoms with van der Waals surface area (Å²) in [6, 6.07) is 2.05. The zero-order chi connectivity index (χ0) is 15.4. The van der Waals surface area contributed by atoms with Crippen molar-refractivity contribution in [2.24, 2.45) is 0 Å². The second kappa shape index (κ2) is 6.71. The van der Waals surface area contributed by atoms with Crippen LogP contribution in [0, 0.1) is 0 Å². The summed E-state index contributed by atoms with van der Waals surface area (Å²) in [7, 11) is 0. The van der Waals surface area contributed by atoms with E-state index in [1.165, 1.54) is 6.20 Å². The Kier molecular flexibility index (Phi) is 4.50. The normalized spacial score (nSPS) is 19.5. The van der Waals surface area contributed by atoms with Crippen molar-refractivity contribution < 1.29 is 14.3 Å². The molecule has 1 aliphatic rings. The topological polar surface area (TPSA) is 98.5 Å². The number of aromatic amines is 1. The molecule has 0 radical (unpaired) electrons. The second-order valence-corrected chi connectivity index (χ2v) is 5.37. The van der Waals surface area contributed by atoms with E-state index in [0.29, 0.717) is 25.2 Å².